The van der Waals surface area contributed by atoms with E-state index in [4.69, 9.17) is 11.6 Å². The SMILES string of the molecule is O=C(CN(c1ccccc1Cl)S(=O)(=O)c1ccccc1)NCc1ccc(CN2CCCC2=O)cc1. The van der Waals surface area contributed by atoms with Crippen LogP contribution in [-0.4, -0.2) is 38.2 Å². The summed E-state index contributed by atoms with van der Waals surface area (Å²) in [6.45, 7) is 1.18. The van der Waals surface area contributed by atoms with Crippen LogP contribution in [0.3, 0.4) is 0 Å². The highest BCUT2D eigenvalue weighted by Crippen LogP contribution is 2.30. The highest BCUT2D eigenvalue weighted by Gasteiger charge is 2.28. The van der Waals surface area contributed by atoms with Crippen molar-refractivity contribution in [2.45, 2.75) is 30.8 Å². The van der Waals surface area contributed by atoms with Gasteiger partial charge >= 0.3 is 0 Å². The Morgan fingerprint density at radius 2 is 1.60 bits per heavy atom. The molecule has 0 aliphatic carbocycles. The number of anilines is 1. The maximum absolute atomic E-state index is 13.4. The molecule has 35 heavy (non-hydrogen) atoms. The van der Waals surface area contributed by atoms with E-state index in [0.29, 0.717) is 13.0 Å². The highest BCUT2D eigenvalue weighted by molar-refractivity contribution is 7.92. The third kappa shape index (κ3) is 6.01. The third-order valence-electron chi connectivity index (χ3n) is 5.80. The van der Waals surface area contributed by atoms with Gasteiger partial charge in [-0.1, -0.05) is 66.2 Å². The van der Waals surface area contributed by atoms with E-state index in [0.717, 1.165) is 28.4 Å². The summed E-state index contributed by atoms with van der Waals surface area (Å²) in [4.78, 5) is 26.5. The fourth-order valence-electron chi connectivity index (χ4n) is 3.91. The normalized spacial score (nSPS) is 13.6. The van der Waals surface area contributed by atoms with Crippen LogP contribution in [0, 0.1) is 0 Å². The molecule has 0 aromatic heterocycles. The molecule has 0 atom stereocenters. The number of halogens is 1. The molecular formula is C26H26ClN3O4S. The van der Waals surface area contributed by atoms with Gasteiger partial charge in [0.25, 0.3) is 10.0 Å². The second-order valence-corrected chi connectivity index (χ2v) is 10.6. The van der Waals surface area contributed by atoms with Gasteiger partial charge in [0.1, 0.15) is 6.54 Å². The molecule has 3 aromatic rings. The van der Waals surface area contributed by atoms with Gasteiger partial charge in [0.05, 0.1) is 15.6 Å². The zero-order valence-corrected chi connectivity index (χ0v) is 20.6. The lowest BCUT2D eigenvalue weighted by Crippen LogP contribution is -2.40. The number of benzene rings is 3. The Labute approximate surface area is 210 Å². The summed E-state index contributed by atoms with van der Waals surface area (Å²) in [7, 11) is -4.02. The maximum atomic E-state index is 13.4. The van der Waals surface area contributed by atoms with Crippen molar-refractivity contribution in [3.05, 3.63) is 95.0 Å². The largest absolute Gasteiger partial charge is 0.350 e. The molecule has 3 aromatic carbocycles. The van der Waals surface area contributed by atoms with E-state index in [1.165, 1.54) is 12.1 Å². The minimum absolute atomic E-state index is 0.0693. The number of hydrogen-bond acceptors (Lipinski definition) is 4. The molecule has 0 spiro atoms. The van der Waals surface area contributed by atoms with Crippen LogP contribution in [0.2, 0.25) is 5.02 Å². The molecule has 182 valence electrons. The first kappa shape index (κ1) is 24.8. The van der Waals surface area contributed by atoms with Crippen molar-refractivity contribution < 1.29 is 18.0 Å². The molecule has 0 saturated carbocycles. The van der Waals surface area contributed by atoms with Gasteiger partial charge in [-0.3, -0.25) is 13.9 Å². The monoisotopic (exact) mass is 511 g/mol. The summed E-state index contributed by atoms with van der Waals surface area (Å²) in [5.41, 5.74) is 2.12. The molecule has 4 rings (SSSR count). The lowest BCUT2D eigenvalue weighted by atomic mass is 10.1. The van der Waals surface area contributed by atoms with Crippen LogP contribution in [0.1, 0.15) is 24.0 Å². The fourth-order valence-corrected chi connectivity index (χ4v) is 5.66. The van der Waals surface area contributed by atoms with Gasteiger partial charge in [-0.25, -0.2) is 8.42 Å². The minimum Gasteiger partial charge on any atom is -0.350 e. The average molecular weight is 512 g/mol. The van der Waals surface area contributed by atoms with Gasteiger partial charge in [0.15, 0.2) is 0 Å². The van der Waals surface area contributed by atoms with Crippen LogP contribution < -0.4 is 9.62 Å². The Morgan fingerprint density at radius 3 is 2.26 bits per heavy atom. The van der Waals surface area contributed by atoms with Crippen LogP contribution >= 0.6 is 11.6 Å². The van der Waals surface area contributed by atoms with Crippen molar-refractivity contribution in [2.24, 2.45) is 0 Å². The Bertz CT molecular complexity index is 1300. The van der Waals surface area contributed by atoms with Crippen LogP contribution in [0.5, 0.6) is 0 Å². The topological polar surface area (TPSA) is 86.8 Å². The molecule has 9 heteroatoms. The number of nitrogens with zero attached hydrogens (tertiary/aromatic N) is 2. The van der Waals surface area contributed by atoms with E-state index in [1.807, 2.05) is 29.2 Å². The highest BCUT2D eigenvalue weighted by atomic mass is 35.5. The van der Waals surface area contributed by atoms with Crippen molar-refractivity contribution in [1.82, 2.24) is 10.2 Å². The van der Waals surface area contributed by atoms with E-state index < -0.39 is 22.5 Å². The van der Waals surface area contributed by atoms with Gasteiger partial charge in [-0.05, 0) is 41.8 Å². The number of rotatable bonds is 9. The van der Waals surface area contributed by atoms with Crippen LogP contribution in [0.25, 0.3) is 0 Å². The predicted molar refractivity (Wildman–Crippen MR) is 135 cm³/mol. The van der Waals surface area contributed by atoms with Gasteiger partial charge < -0.3 is 10.2 Å². The fraction of sp³-hybridized carbons (Fsp3) is 0.231. The molecule has 1 aliphatic heterocycles. The molecule has 1 saturated heterocycles. The van der Waals surface area contributed by atoms with Crippen LogP contribution in [0.15, 0.2) is 83.8 Å². The lowest BCUT2D eigenvalue weighted by molar-refractivity contribution is -0.128. The molecule has 0 bridgehead atoms. The number of carbonyl (C=O) groups excluding carboxylic acids is 2. The van der Waals surface area contributed by atoms with E-state index in [1.54, 1.807) is 42.5 Å². The summed E-state index contributed by atoms with van der Waals surface area (Å²) in [5.74, 6) is -0.286. The Balaban J connectivity index is 1.44. The van der Waals surface area contributed by atoms with Crippen LogP contribution in [-0.2, 0) is 32.7 Å². The number of sulfonamides is 1. The molecule has 1 N–H and O–H groups in total. The Morgan fingerprint density at radius 1 is 0.943 bits per heavy atom. The quantitative estimate of drug-likeness (QED) is 0.471. The molecule has 0 radical (unpaired) electrons. The van der Waals surface area contributed by atoms with Gasteiger partial charge in [-0.15, -0.1) is 0 Å². The van der Waals surface area contributed by atoms with Crippen LogP contribution in [0.4, 0.5) is 5.69 Å². The second-order valence-electron chi connectivity index (χ2n) is 8.29. The van der Waals surface area contributed by atoms with Crippen molar-refractivity contribution in [1.29, 1.82) is 0 Å². The minimum atomic E-state index is -4.02. The second kappa shape index (κ2) is 10.9. The number of amides is 2. The first-order valence-electron chi connectivity index (χ1n) is 11.3. The molecular weight excluding hydrogens is 486 g/mol. The van der Waals surface area contributed by atoms with E-state index in [9.17, 15) is 18.0 Å². The van der Waals surface area contributed by atoms with Crippen molar-refractivity contribution in [3.63, 3.8) is 0 Å². The first-order valence-corrected chi connectivity index (χ1v) is 13.1. The molecule has 7 nitrogen and oxygen atoms in total. The zero-order chi connectivity index (χ0) is 24.8. The summed E-state index contributed by atoms with van der Waals surface area (Å²) >= 11 is 6.29. The number of carbonyl (C=O) groups is 2. The first-order chi connectivity index (χ1) is 16.8. The van der Waals surface area contributed by atoms with Crippen molar-refractivity contribution in [2.75, 3.05) is 17.4 Å². The smallest absolute Gasteiger partial charge is 0.264 e. The summed E-state index contributed by atoms with van der Waals surface area (Å²) < 4.78 is 27.7. The van der Waals surface area contributed by atoms with E-state index >= 15 is 0 Å². The van der Waals surface area contributed by atoms with Gasteiger partial charge in [-0.2, -0.15) is 0 Å². The molecule has 0 unspecified atom stereocenters. The molecule has 2 amide bonds. The van der Waals surface area contributed by atoms with E-state index in [-0.39, 0.29) is 28.1 Å². The maximum Gasteiger partial charge on any atom is 0.264 e. The van der Waals surface area contributed by atoms with E-state index in [2.05, 4.69) is 5.32 Å². The van der Waals surface area contributed by atoms with Gasteiger partial charge in [0, 0.05) is 26.1 Å². The summed E-state index contributed by atoms with van der Waals surface area (Å²) in [5, 5.41) is 3.02. The zero-order valence-electron chi connectivity index (χ0n) is 19.1. The molecule has 1 aliphatic rings. The molecule has 1 heterocycles. The Kier molecular flexibility index (Phi) is 7.73. The number of hydrogen-bond donors (Lipinski definition) is 1. The standard InChI is InChI=1S/C26H26ClN3O4S/c27-23-9-4-5-10-24(23)30(35(33,34)22-7-2-1-3-8-22)19-25(31)28-17-20-12-14-21(15-13-20)18-29-16-6-11-26(29)32/h1-5,7-10,12-15H,6,11,16-19H2,(H,28,31). The van der Waals surface area contributed by atoms with Gasteiger partial charge in [0.2, 0.25) is 11.8 Å². The van der Waals surface area contributed by atoms with Crippen molar-refractivity contribution >= 4 is 39.1 Å². The lowest BCUT2D eigenvalue weighted by Gasteiger charge is -2.25. The van der Waals surface area contributed by atoms with Crippen molar-refractivity contribution in [3.8, 4) is 0 Å². The Hall–Kier alpha value is -3.36. The third-order valence-corrected chi connectivity index (χ3v) is 7.89. The number of nitrogens with one attached hydrogen (secondary N) is 1. The summed E-state index contributed by atoms with van der Waals surface area (Å²) in [6, 6.07) is 22.1. The number of para-hydroxylation sites is 1. The summed E-state index contributed by atoms with van der Waals surface area (Å²) in [6.07, 6.45) is 1.50. The average Bonchev–Trinajstić information content (AvgIpc) is 3.27. The number of likely N-dealkylation sites (tertiary alicyclic amines) is 1. The molecule has 1 fully saturated rings. The predicted octanol–water partition coefficient (Wildman–Crippen LogP) is 3.97.